The van der Waals surface area contributed by atoms with Crippen molar-refractivity contribution in [3.05, 3.63) is 77.4 Å². The summed E-state index contributed by atoms with van der Waals surface area (Å²) in [5.41, 5.74) is 6.64. The highest BCUT2D eigenvalue weighted by molar-refractivity contribution is 5.97. The smallest absolute Gasteiger partial charge is 0.269 e. The first-order chi connectivity index (χ1) is 15.0. The standard InChI is InChI=1S/C14H14N2O.C9H7N3O2/c1-10(17)9-16-14-7-6-11(8-15)12-4-2-3-5-13(12)14;10-5-7-1-3-8(4-2-7)9(14)12-11-6-13/h2-7,10,16-17H,9H2,1H3;1-4,6H,(H,11,13)(H,12,14). The SMILES string of the molecule is CC(O)CNc1ccc(C#N)c2ccccc12.N#Cc1ccc(C(=O)NNC=O)cc1. The van der Waals surface area contributed by atoms with E-state index in [0.717, 1.165) is 16.5 Å². The summed E-state index contributed by atoms with van der Waals surface area (Å²) in [4.78, 5) is 21.1. The summed E-state index contributed by atoms with van der Waals surface area (Å²) in [6.45, 7) is 2.23. The zero-order valence-corrected chi connectivity index (χ0v) is 16.8. The van der Waals surface area contributed by atoms with Crippen LogP contribution in [0.3, 0.4) is 0 Å². The number of rotatable bonds is 6. The number of amides is 2. The van der Waals surface area contributed by atoms with Gasteiger partial charge in [-0.3, -0.25) is 20.4 Å². The molecule has 3 aromatic carbocycles. The number of carbonyl (C=O) groups is 2. The Morgan fingerprint density at radius 1 is 1.03 bits per heavy atom. The molecule has 0 aliphatic heterocycles. The fraction of sp³-hybridized carbons (Fsp3) is 0.130. The molecule has 2 amide bonds. The lowest BCUT2D eigenvalue weighted by molar-refractivity contribution is -0.110. The van der Waals surface area contributed by atoms with Gasteiger partial charge in [-0.1, -0.05) is 24.3 Å². The van der Waals surface area contributed by atoms with Gasteiger partial charge in [0, 0.05) is 28.6 Å². The molecule has 1 unspecified atom stereocenters. The maximum atomic E-state index is 11.2. The summed E-state index contributed by atoms with van der Waals surface area (Å²) in [7, 11) is 0. The van der Waals surface area contributed by atoms with Crippen molar-refractivity contribution in [1.29, 1.82) is 10.5 Å². The first kappa shape index (κ1) is 22.9. The molecule has 0 saturated carbocycles. The van der Waals surface area contributed by atoms with Crippen LogP contribution in [0.2, 0.25) is 0 Å². The maximum absolute atomic E-state index is 11.2. The molecular formula is C23H21N5O3. The van der Waals surface area contributed by atoms with Crippen molar-refractivity contribution in [2.24, 2.45) is 0 Å². The fourth-order valence-corrected chi connectivity index (χ4v) is 2.67. The van der Waals surface area contributed by atoms with Gasteiger partial charge in [-0.25, -0.2) is 0 Å². The van der Waals surface area contributed by atoms with Gasteiger partial charge in [0.2, 0.25) is 6.41 Å². The van der Waals surface area contributed by atoms with E-state index in [1.165, 1.54) is 24.3 Å². The number of aliphatic hydroxyl groups excluding tert-OH is 1. The minimum absolute atomic E-state index is 0.363. The Labute approximate surface area is 179 Å². The molecule has 0 bridgehead atoms. The predicted molar refractivity (Wildman–Crippen MR) is 117 cm³/mol. The van der Waals surface area contributed by atoms with Gasteiger partial charge in [0.15, 0.2) is 0 Å². The molecule has 8 nitrogen and oxygen atoms in total. The molecule has 8 heteroatoms. The molecule has 3 aromatic rings. The Bertz CT molecular complexity index is 1130. The van der Waals surface area contributed by atoms with Crippen molar-refractivity contribution in [2.75, 3.05) is 11.9 Å². The third-order valence-corrected chi connectivity index (χ3v) is 4.15. The lowest BCUT2D eigenvalue weighted by Gasteiger charge is -2.11. The summed E-state index contributed by atoms with van der Waals surface area (Å²) < 4.78 is 0. The molecule has 0 radical (unpaired) electrons. The summed E-state index contributed by atoms with van der Waals surface area (Å²) in [5, 5.41) is 31.9. The van der Waals surface area contributed by atoms with Crippen molar-refractivity contribution in [2.45, 2.75) is 13.0 Å². The Kier molecular flexibility index (Phi) is 8.54. The largest absolute Gasteiger partial charge is 0.392 e. The quantitative estimate of drug-likeness (QED) is 0.360. The van der Waals surface area contributed by atoms with E-state index in [4.69, 9.17) is 10.5 Å². The van der Waals surface area contributed by atoms with Crippen LogP contribution in [-0.2, 0) is 4.79 Å². The number of carbonyl (C=O) groups excluding carboxylic acids is 2. The molecule has 0 heterocycles. The number of hydrogen-bond donors (Lipinski definition) is 4. The van der Waals surface area contributed by atoms with Crippen molar-refractivity contribution in [3.63, 3.8) is 0 Å². The highest BCUT2D eigenvalue weighted by atomic mass is 16.3. The van der Waals surface area contributed by atoms with Crippen LogP contribution < -0.4 is 16.2 Å². The molecule has 0 spiro atoms. The van der Waals surface area contributed by atoms with Crippen LogP contribution in [-0.4, -0.2) is 30.1 Å². The summed E-state index contributed by atoms with van der Waals surface area (Å²) >= 11 is 0. The first-order valence-electron chi connectivity index (χ1n) is 9.33. The number of aliphatic hydroxyl groups is 1. The second-order valence-electron chi connectivity index (χ2n) is 6.45. The minimum atomic E-state index is -0.429. The number of nitriles is 2. The average Bonchev–Trinajstić information content (AvgIpc) is 2.81. The monoisotopic (exact) mass is 415 g/mol. The van der Waals surface area contributed by atoms with Gasteiger partial charge in [0.05, 0.1) is 29.4 Å². The van der Waals surface area contributed by atoms with E-state index in [9.17, 15) is 14.7 Å². The average molecular weight is 415 g/mol. The number of benzene rings is 3. The maximum Gasteiger partial charge on any atom is 0.269 e. The minimum Gasteiger partial charge on any atom is -0.392 e. The van der Waals surface area contributed by atoms with E-state index in [1.54, 1.807) is 13.0 Å². The fourth-order valence-electron chi connectivity index (χ4n) is 2.67. The van der Waals surface area contributed by atoms with Gasteiger partial charge < -0.3 is 10.4 Å². The molecule has 156 valence electrons. The molecule has 4 N–H and O–H groups in total. The topological polar surface area (TPSA) is 138 Å². The Balaban J connectivity index is 0.000000225. The summed E-state index contributed by atoms with van der Waals surface area (Å²) in [5.74, 6) is -0.429. The highest BCUT2D eigenvalue weighted by Gasteiger charge is 2.05. The van der Waals surface area contributed by atoms with Crippen LogP contribution in [0.5, 0.6) is 0 Å². The van der Waals surface area contributed by atoms with E-state index < -0.39 is 12.0 Å². The van der Waals surface area contributed by atoms with E-state index in [-0.39, 0.29) is 0 Å². The summed E-state index contributed by atoms with van der Waals surface area (Å²) in [6.07, 6.45) is -0.0361. The normalized spacial score (nSPS) is 10.5. The van der Waals surface area contributed by atoms with Crippen LogP contribution in [0.25, 0.3) is 10.8 Å². The molecular weight excluding hydrogens is 394 g/mol. The van der Waals surface area contributed by atoms with Crippen LogP contribution in [0.15, 0.2) is 60.7 Å². The second kappa shape index (κ2) is 11.6. The highest BCUT2D eigenvalue weighted by Crippen LogP contribution is 2.26. The molecule has 1 atom stereocenters. The first-order valence-corrected chi connectivity index (χ1v) is 9.33. The second-order valence-corrected chi connectivity index (χ2v) is 6.45. The van der Waals surface area contributed by atoms with Crippen LogP contribution in [0.4, 0.5) is 5.69 Å². The van der Waals surface area contributed by atoms with Gasteiger partial charge in [-0.2, -0.15) is 10.5 Å². The van der Waals surface area contributed by atoms with Crippen LogP contribution in [0.1, 0.15) is 28.4 Å². The third kappa shape index (κ3) is 6.57. The molecule has 31 heavy (non-hydrogen) atoms. The number of nitrogens with one attached hydrogen (secondary N) is 3. The van der Waals surface area contributed by atoms with Crippen LogP contribution >= 0.6 is 0 Å². The molecule has 0 saturated heterocycles. The zero-order valence-electron chi connectivity index (χ0n) is 16.8. The lowest BCUT2D eigenvalue weighted by atomic mass is 10.0. The Hall–Kier alpha value is -4.40. The number of fused-ring (bicyclic) bond motifs is 1. The van der Waals surface area contributed by atoms with Crippen molar-refractivity contribution in [3.8, 4) is 12.1 Å². The molecule has 3 rings (SSSR count). The van der Waals surface area contributed by atoms with E-state index >= 15 is 0 Å². The van der Waals surface area contributed by atoms with E-state index in [2.05, 4.69) is 16.8 Å². The number of anilines is 1. The lowest BCUT2D eigenvalue weighted by Crippen LogP contribution is -2.36. The Morgan fingerprint density at radius 3 is 2.29 bits per heavy atom. The number of hydrazine groups is 1. The number of hydrogen-bond acceptors (Lipinski definition) is 6. The molecule has 0 aliphatic rings. The van der Waals surface area contributed by atoms with E-state index in [0.29, 0.717) is 29.6 Å². The molecule has 0 aliphatic carbocycles. The molecule has 0 aromatic heterocycles. The number of nitrogens with zero attached hydrogens (tertiary/aromatic N) is 2. The van der Waals surface area contributed by atoms with Crippen molar-refractivity contribution >= 4 is 28.8 Å². The van der Waals surface area contributed by atoms with Gasteiger partial charge in [-0.05, 0) is 43.3 Å². The van der Waals surface area contributed by atoms with Gasteiger partial charge in [0.1, 0.15) is 0 Å². The van der Waals surface area contributed by atoms with Crippen molar-refractivity contribution < 1.29 is 14.7 Å². The Morgan fingerprint density at radius 2 is 1.71 bits per heavy atom. The van der Waals surface area contributed by atoms with Gasteiger partial charge in [0.25, 0.3) is 5.91 Å². The van der Waals surface area contributed by atoms with Crippen LogP contribution in [0, 0.1) is 22.7 Å². The van der Waals surface area contributed by atoms with Gasteiger partial charge >= 0.3 is 0 Å². The summed E-state index contributed by atoms with van der Waals surface area (Å²) in [6, 6.07) is 21.6. The van der Waals surface area contributed by atoms with E-state index in [1.807, 2.05) is 41.8 Å². The van der Waals surface area contributed by atoms with Crippen molar-refractivity contribution in [1.82, 2.24) is 10.9 Å². The predicted octanol–water partition coefficient (Wildman–Crippen LogP) is 2.45. The molecule has 0 fully saturated rings. The third-order valence-electron chi connectivity index (χ3n) is 4.15. The zero-order chi connectivity index (χ0) is 22.6. The van der Waals surface area contributed by atoms with Gasteiger partial charge in [-0.15, -0.1) is 0 Å².